The number of rotatable bonds is 2. The van der Waals surface area contributed by atoms with E-state index in [4.69, 9.17) is 9.79 Å². The first-order chi connectivity index (χ1) is 4.19. The monoisotopic (exact) mass is 169 g/mol. The van der Waals surface area contributed by atoms with Crippen LogP contribution in [0, 0.1) is 10.1 Å². The Morgan fingerprint density at radius 1 is 1.50 bits per heavy atom. The molecule has 6 nitrogen and oxygen atoms in total. The molecule has 0 radical (unpaired) electrons. The van der Waals surface area contributed by atoms with Gasteiger partial charge in [-0.1, -0.05) is 0 Å². The van der Waals surface area contributed by atoms with Crippen molar-refractivity contribution < 1.29 is 19.3 Å². The van der Waals surface area contributed by atoms with Gasteiger partial charge >= 0.3 is 12.9 Å². The van der Waals surface area contributed by atoms with Gasteiger partial charge in [0.25, 0.3) is 0 Å². The van der Waals surface area contributed by atoms with E-state index in [1.807, 2.05) is 0 Å². The third-order valence-electron chi connectivity index (χ3n) is 1.16. The van der Waals surface area contributed by atoms with Gasteiger partial charge < -0.3 is 9.79 Å². The normalized spacial score (nSPS) is 13.2. The third kappa shape index (κ3) is 1.53. The second-order valence-corrected chi connectivity index (χ2v) is 4.48. The number of nitro groups is 1. The Kier molecular flexibility index (Phi) is 2.20. The van der Waals surface area contributed by atoms with Crippen molar-refractivity contribution in [2.24, 2.45) is 0 Å². The maximum absolute atomic E-state index is 10.3. The number of hydrogen-bond acceptors (Lipinski definition) is 3. The Bertz CT molecular complexity index is 193. The molecule has 0 atom stereocenters. The fraction of sp³-hybridized carbons (Fsp3) is 1.00. The molecular weight excluding hydrogens is 161 g/mol. The molecule has 0 spiro atoms. The SMILES string of the molecule is CC(C)([N+](=O)[O-])P(=O)(O)O. The van der Waals surface area contributed by atoms with Crippen molar-refractivity contribution in [3.05, 3.63) is 10.1 Å². The van der Waals surface area contributed by atoms with Crippen molar-refractivity contribution in [1.29, 1.82) is 0 Å². The minimum Gasteiger partial charge on any atom is -0.319 e. The van der Waals surface area contributed by atoms with Gasteiger partial charge in [-0.25, -0.2) is 0 Å². The summed E-state index contributed by atoms with van der Waals surface area (Å²) in [5, 5.41) is 7.81. The summed E-state index contributed by atoms with van der Waals surface area (Å²) in [4.78, 5) is 25.8. The van der Waals surface area contributed by atoms with Gasteiger partial charge in [0.15, 0.2) is 0 Å². The lowest BCUT2D eigenvalue weighted by molar-refractivity contribution is -0.535. The molecule has 0 heterocycles. The average molecular weight is 169 g/mol. The van der Waals surface area contributed by atoms with Gasteiger partial charge in [-0.15, -0.1) is 0 Å². The summed E-state index contributed by atoms with van der Waals surface area (Å²) >= 11 is 0. The van der Waals surface area contributed by atoms with Crippen LogP contribution >= 0.6 is 7.60 Å². The van der Waals surface area contributed by atoms with E-state index in [2.05, 4.69) is 0 Å². The predicted octanol–water partition coefficient (Wildman–Crippen LogP) is 0.177. The van der Waals surface area contributed by atoms with Crippen molar-refractivity contribution in [2.75, 3.05) is 0 Å². The Morgan fingerprint density at radius 3 is 1.80 bits per heavy atom. The molecule has 7 heteroatoms. The highest BCUT2D eigenvalue weighted by molar-refractivity contribution is 7.53. The van der Waals surface area contributed by atoms with E-state index in [0.29, 0.717) is 0 Å². The van der Waals surface area contributed by atoms with Crippen LogP contribution in [0.25, 0.3) is 0 Å². The van der Waals surface area contributed by atoms with Gasteiger partial charge in [-0.2, -0.15) is 0 Å². The highest BCUT2D eigenvalue weighted by Gasteiger charge is 2.49. The molecule has 0 amide bonds. The smallest absolute Gasteiger partial charge is 0.319 e. The maximum Gasteiger partial charge on any atom is 0.401 e. The van der Waals surface area contributed by atoms with Crippen LogP contribution in [0.3, 0.4) is 0 Å². The molecule has 0 saturated carbocycles. The van der Waals surface area contributed by atoms with Gasteiger partial charge in [0.05, 0.1) is 0 Å². The summed E-state index contributed by atoms with van der Waals surface area (Å²) < 4.78 is 10.3. The summed E-state index contributed by atoms with van der Waals surface area (Å²) in [7, 11) is -4.62. The molecule has 0 aromatic rings. The van der Waals surface area contributed by atoms with E-state index < -0.39 is 17.8 Å². The van der Waals surface area contributed by atoms with Gasteiger partial charge in [0.2, 0.25) is 0 Å². The lowest BCUT2D eigenvalue weighted by atomic mass is 10.4. The van der Waals surface area contributed by atoms with Gasteiger partial charge in [0.1, 0.15) is 0 Å². The molecule has 60 valence electrons. The molecule has 10 heavy (non-hydrogen) atoms. The van der Waals surface area contributed by atoms with Gasteiger partial charge in [-0.3, -0.25) is 14.7 Å². The third-order valence-corrected chi connectivity index (χ3v) is 2.75. The Morgan fingerprint density at radius 2 is 1.80 bits per heavy atom. The van der Waals surface area contributed by atoms with Crippen molar-refractivity contribution >= 4 is 7.60 Å². The zero-order chi connectivity index (χ0) is 8.58. The fourth-order valence-corrected chi connectivity index (χ4v) is 0.319. The van der Waals surface area contributed by atoms with Crippen LogP contribution in [0.15, 0.2) is 0 Å². The highest BCUT2D eigenvalue weighted by atomic mass is 31.2. The second kappa shape index (κ2) is 2.30. The van der Waals surface area contributed by atoms with Crippen LogP contribution < -0.4 is 0 Å². The van der Waals surface area contributed by atoms with Crippen LogP contribution in [0.4, 0.5) is 0 Å². The van der Waals surface area contributed by atoms with Crippen LogP contribution in [0.1, 0.15) is 13.8 Å². The van der Waals surface area contributed by atoms with E-state index in [1.165, 1.54) is 0 Å². The molecule has 0 aromatic heterocycles. The first-order valence-electron chi connectivity index (χ1n) is 2.39. The molecule has 0 aromatic carbocycles. The minimum absolute atomic E-state index is 0.883. The molecule has 0 rings (SSSR count). The van der Waals surface area contributed by atoms with Crippen LogP contribution in [-0.2, 0) is 4.57 Å². The first kappa shape index (κ1) is 9.55. The zero-order valence-electron chi connectivity index (χ0n) is 5.51. The maximum atomic E-state index is 10.3. The second-order valence-electron chi connectivity index (χ2n) is 2.30. The first-order valence-corrected chi connectivity index (χ1v) is 4.01. The summed E-state index contributed by atoms with van der Waals surface area (Å²) in [6.07, 6.45) is 0. The van der Waals surface area contributed by atoms with E-state index in [1.54, 1.807) is 0 Å². The van der Waals surface area contributed by atoms with Crippen molar-refractivity contribution in [3.8, 4) is 0 Å². The van der Waals surface area contributed by atoms with Crippen molar-refractivity contribution in [2.45, 2.75) is 19.1 Å². The summed E-state index contributed by atoms with van der Waals surface area (Å²) in [5.41, 5.74) is 0. The van der Waals surface area contributed by atoms with Crippen LogP contribution in [-0.4, -0.2) is 20.0 Å². The minimum atomic E-state index is -4.62. The standard InChI is InChI=1S/C3H8NO5P/c1-3(2,4(5)6)10(7,8)9/h1-2H3,(H2,7,8,9). The molecule has 0 aliphatic rings. The predicted molar refractivity (Wildman–Crippen MR) is 33.1 cm³/mol. The van der Waals surface area contributed by atoms with Gasteiger partial charge in [-0.05, 0) is 0 Å². The van der Waals surface area contributed by atoms with Crippen molar-refractivity contribution in [1.82, 2.24) is 0 Å². The molecule has 0 saturated heterocycles. The molecule has 0 fully saturated rings. The van der Waals surface area contributed by atoms with Crippen LogP contribution in [0.5, 0.6) is 0 Å². The van der Waals surface area contributed by atoms with Gasteiger partial charge in [0, 0.05) is 18.8 Å². The molecular formula is C3H8NO5P. The largest absolute Gasteiger partial charge is 0.401 e. The summed E-state index contributed by atoms with van der Waals surface area (Å²) in [6.45, 7) is 1.77. The van der Waals surface area contributed by atoms with E-state index in [9.17, 15) is 14.7 Å². The molecule has 0 aliphatic heterocycles. The van der Waals surface area contributed by atoms with Crippen LogP contribution in [0.2, 0.25) is 0 Å². The summed E-state index contributed by atoms with van der Waals surface area (Å²) in [5.74, 6) is 0. The number of hydrogen-bond donors (Lipinski definition) is 2. The fourth-order valence-electron chi connectivity index (χ4n) is 0.106. The molecule has 0 aliphatic carbocycles. The number of nitrogens with zero attached hydrogens (tertiary/aromatic N) is 1. The summed E-state index contributed by atoms with van der Waals surface area (Å²) in [6, 6.07) is 0. The average Bonchev–Trinajstić information content (AvgIpc) is 1.62. The zero-order valence-corrected chi connectivity index (χ0v) is 6.41. The molecule has 2 N–H and O–H groups in total. The Labute approximate surface area is 57.2 Å². The lowest BCUT2D eigenvalue weighted by Gasteiger charge is -2.15. The highest BCUT2D eigenvalue weighted by Crippen LogP contribution is 2.49. The van der Waals surface area contributed by atoms with E-state index in [-0.39, 0.29) is 0 Å². The Hall–Kier alpha value is -0.450. The topological polar surface area (TPSA) is 101 Å². The van der Waals surface area contributed by atoms with E-state index in [0.717, 1.165) is 13.8 Å². The van der Waals surface area contributed by atoms with E-state index >= 15 is 0 Å². The molecule has 0 unspecified atom stereocenters. The van der Waals surface area contributed by atoms with Crippen molar-refractivity contribution in [3.63, 3.8) is 0 Å². The lowest BCUT2D eigenvalue weighted by Crippen LogP contribution is -2.30. The Balaban J connectivity index is 4.75. The molecule has 0 bridgehead atoms. The quantitative estimate of drug-likeness (QED) is 0.348.